The molecule has 2 aromatic heterocycles. The highest BCUT2D eigenvalue weighted by Crippen LogP contribution is 2.45. The summed E-state index contributed by atoms with van der Waals surface area (Å²) in [7, 11) is 2.99. The Hall–Kier alpha value is -4.82. The van der Waals surface area contributed by atoms with E-state index in [2.05, 4.69) is 26.8 Å². The van der Waals surface area contributed by atoms with Crippen LogP contribution in [0.15, 0.2) is 18.0 Å². The number of carbonyl (C=O) groups excluding carboxylic acids is 1. The van der Waals surface area contributed by atoms with Crippen molar-refractivity contribution >= 4 is 17.4 Å². The predicted molar refractivity (Wildman–Crippen MR) is 180 cm³/mol. The van der Waals surface area contributed by atoms with Gasteiger partial charge in [0, 0.05) is 56.8 Å². The molecule has 17 heteroatoms. The molecule has 4 aliphatic heterocycles. The number of hydrogen-bond donors (Lipinski definition) is 1. The number of benzene rings is 1. The van der Waals surface area contributed by atoms with E-state index >= 15 is 8.78 Å². The third-order valence-corrected chi connectivity index (χ3v) is 10.4. The smallest absolute Gasteiger partial charge is 0.418 e. The fourth-order valence-corrected chi connectivity index (χ4v) is 7.95. The number of rotatable bonds is 6. The quantitative estimate of drug-likeness (QED) is 0.204. The van der Waals surface area contributed by atoms with Crippen molar-refractivity contribution < 1.29 is 40.6 Å². The zero-order valence-electron chi connectivity index (χ0n) is 29.4. The summed E-state index contributed by atoms with van der Waals surface area (Å²) in [5.41, 5.74) is 3.45. The summed E-state index contributed by atoms with van der Waals surface area (Å²) in [6.07, 6.45) is -3.57. The standard InChI is InChI=1S/C36H38F6N8O3/c1-4-7-21-12-23(43)29(38)27(28(21)36(40,41)42)26-13-24-22(18-52-26)32(45-34(44-24)53-19-35-8-5-10-49(35)16-20(14-35)15-37)48-9-6-11-50-25(17-48)30(39)31(46-50)33(51)47(2)3/h12,15,26H,5-6,8-11,13-14,16-19,43H2,1-3H3/b20-15+/t26-,35-/m0/s1. The molecule has 4 aliphatic rings. The van der Waals surface area contributed by atoms with E-state index in [1.54, 1.807) is 4.90 Å². The highest BCUT2D eigenvalue weighted by atomic mass is 19.4. The number of anilines is 2. The summed E-state index contributed by atoms with van der Waals surface area (Å²) >= 11 is 0. The molecule has 0 radical (unpaired) electrons. The van der Waals surface area contributed by atoms with E-state index in [0.717, 1.165) is 25.5 Å². The number of alkyl halides is 3. The maximum Gasteiger partial charge on any atom is 0.418 e. The summed E-state index contributed by atoms with van der Waals surface area (Å²) in [6.45, 7) is 2.99. The minimum Gasteiger partial charge on any atom is -0.461 e. The van der Waals surface area contributed by atoms with Gasteiger partial charge in [0.15, 0.2) is 17.3 Å². The lowest BCUT2D eigenvalue weighted by Crippen LogP contribution is -2.43. The Morgan fingerprint density at radius 1 is 1.17 bits per heavy atom. The van der Waals surface area contributed by atoms with Crippen molar-refractivity contribution in [2.45, 2.75) is 76.5 Å². The molecule has 0 unspecified atom stereocenters. The lowest BCUT2D eigenvalue weighted by molar-refractivity contribution is -0.140. The zero-order chi connectivity index (χ0) is 37.8. The molecule has 2 N–H and O–H groups in total. The second kappa shape index (κ2) is 13.9. The molecule has 0 spiro atoms. The van der Waals surface area contributed by atoms with Crippen molar-refractivity contribution in [3.63, 3.8) is 0 Å². The van der Waals surface area contributed by atoms with Gasteiger partial charge < -0.3 is 25.0 Å². The highest BCUT2D eigenvalue weighted by Gasteiger charge is 2.48. The van der Waals surface area contributed by atoms with Crippen molar-refractivity contribution in [2.24, 2.45) is 0 Å². The number of aromatic nitrogens is 4. The second-order valence-electron chi connectivity index (χ2n) is 14.0. The number of hydrogen-bond acceptors (Lipinski definition) is 9. The van der Waals surface area contributed by atoms with Crippen LogP contribution in [0.4, 0.5) is 37.8 Å². The molecule has 2 saturated heterocycles. The second-order valence-corrected chi connectivity index (χ2v) is 14.0. The van der Waals surface area contributed by atoms with Crippen LogP contribution in [0, 0.1) is 23.5 Å². The van der Waals surface area contributed by atoms with Crippen molar-refractivity contribution in [3.05, 3.63) is 68.9 Å². The van der Waals surface area contributed by atoms with Gasteiger partial charge >= 0.3 is 12.2 Å². The minimum atomic E-state index is -5.00. The molecule has 2 atom stereocenters. The zero-order valence-corrected chi connectivity index (χ0v) is 29.4. The first kappa shape index (κ1) is 36.5. The van der Waals surface area contributed by atoms with Gasteiger partial charge in [-0.1, -0.05) is 5.92 Å². The van der Waals surface area contributed by atoms with Gasteiger partial charge in [-0.2, -0.15) is 28.2 Å². The van der Waals surface area contributed by atoms with Crippen molar-refractivity contribution in [1.29, 1.82) is 0 Å². The third kappa shape index (κ3) is 6.56. The Labute approximate surface area is 301 Å². The van der Waals surface area contributed by atoms with Crippen LogP contribution in [-0.2, 0) is 37.0 Å². The fraction of sp³-hybridized carbons (Fsp3) is 0.500. The normalized spacial score (nSPS) is 22.2. The number of nitrogens with two attached hydrogens (primary N) is 1. The number of fused-ring (bicyclic) bond motifs is 3. The molecule has 7 rings (SSSR count). The van der Waals surface area contributed by atoms with E-state index in [-0.39, 0.29) is 55.1 Å². The first-order chi connectivity index (χ1) is 25.2. The number of nitrogen functional groups attached to an aromatic ring is 1. The van der Waals surface area contributed by atoms with Crippen LogP contribution in [0.2, 0.25) is 0 Å². The Kier molecular flexibility index (Phi) is 9.56. The average Bonchev–Trinajstić information content (AvgIpc) is 3.71. The van der Waals surface area contributed by atoms with Crippen LogP contribution in [-0.4, -0.2) is 81.3 Å². The van der Waals surface area contributed by atoms with E-state index in [1.165, 1.54) is 30.6 Å². The van der Waals surface area contributed by atoms with Crippen LogP contribution >= 0.6 is 0 Å². The Bertz CT molecular complexity index is 2050. The summed E-state index contributed by atoms with van der Waals surface area (Å²) < 4.78 is 103. The molecule has 1 aromatic carbocycles. The van der Waals surface area contributed by atoms with Crippen molar-refractivity contribution in [2.75, 3.05) is 51.0 Å². The van der Waals surface area contributed by atoms with Gasteiger partial charge in [0.1, 0.15) is 12.4 Å². The van der Waals surface area contributed by atoms with E-state index in [9.17, 15) is 22.4 Å². The number of nitrogens with zero attached hydrogens (tertiary/aromatic N) is 7. The summed E-state index contributed by atoms with van der Waals surface area (Å²) in [6, 6.07) is 0.766. The van der Waals surface area contributed by atoms with Gasteiger partial charge in [-0.05, 0) is 50.8 Å². The fourth-order valence-electron chi connectivity index (χ4n) is 7.95. The van der Waals surface area contributed by atoms with Crippen molar-refractivity contribution in [3.8, 4) is 17.9 Å². The number of halogens is 6. The van der Waals surface area contributed by atoms with E-state index in [1.807, 2.05) is 0 Å². The Balaban J connectivity index is 1.30. The van der Waals surface area contributed by atoms with Crippen LogP contribution < -0.4 is 15.4 Å². The van der Waals surface area contributed by atoms with Gasteiger partial charge in [-0.15, -0.1) is 5.92 Å². The van der Waals surface area contributed by atoms with Crippen LogP contribution in [0.25, 0.3) is 0 Å². The molecular formula is C36H38F6N8O3. The molecule has 0 bridgehead atoms. The molecule has 0 saturated carbocycles. The summed E-state index contributed by atoms with van der Waals surface area (Å²) in [4.78, 5) is 27.2. The first-order valence-electron chi connectivity index (χ1n) is 17.3. The SMILES string of the molecule is CC#Cc1cc(N)c(F)c([C@@H]2Cc3nc(OC[C@@]45CCCN4C/C(=C/F)C5)nc(N4CCCn5nc(C(=O)N(C)C)c(F)c5C4)c3CO2)c1C(F)(F)F. The molecular weight excluding hydrogens is 706 g/mol. The number of carbonyl (C=O) groups is 1. The van der Waals surface area contributed by atoms with Gasteiger partial charge in [-0.3, -0.25) is 14.4 Å². The number of ether oxygens (including phenoxy) is 2. The average molecular weight is 745 g/mol. The molecule has 1 amide bonds. The van der Waals surface area contributed by atoms with Crippen LogP contribution in [0.1, 0.15) is 82.8 Å². The molecule has 3 aromatic rings. The maximum absolute atomic E-state index is 15.8. The highest BCUT2D eigenvalue weighted by molar-refractivity contribution is 5.92. The third-order valence-electron chi connectivity index (χ3n) is 10.4. The monoisotopic (exact) mass is 744 g/mol. The molecule has 2 fully saturated rings. The first-order valence-corrected chi connectivity index (χ1v) is 17.3. The lowest BCUT2D eigenvalue weighted by Gasteiger charge is -2.33. The van der Waals surface area contributed by atoms with E-state index in [4.69, 9.17) is 20.2 Å². The van der Waals surface area contributed by atoms with Crippen molar-refractivity contribution in [1.82, 2.24) is 29.5 Å². The molecule has 53 heavy (non-hydrogen) atoms. The maximum atomic E-state index is 15.8. The number of amides is 1. The van der Waals surface area contributed by atoms with Gasteiger partial charge in [0.05, 0.1) is 53.8 Å². The lowest BCUT2D eigenvalue weighted by atomic mass is 9.91. The predicted octanol–water partition coefficient (Wildman–Crippen LogP) is 5.32. The summed E-state index contributed by atoms with van der Waals surface area (Å²) in [5.74, 6) is 2.48. The van der Waals surface area contributed by atoms with Crippen LogP contribution in [0.3, 0.4) is 0 Å². The molecule has 11 nitrogen and oxygen atoms in total. The van der Waals surface area contributed by atoms with Gasteiger partial charge in [0.2, 0.25) is 0 Å². The van der Waals surface area contributed by atoms with Gasteiger partial charge in [0.25, 0.3) is 5.91 Å². The Morgan fingerprint density at radius 2 is 1.96 bits per heavy atom. The van der Waals surface area contributed by atoms with E-state index < -0.39 is 57.7 Å². The summed E-state index contributed by atoms with van der Waals surface area (Å²) in [5, 5.41) is 4.25. The number of aryl methyl sites for hydroxylation is 1. The van der Waals surface area contributed by atoms with Gasteiger partial charge in [-0.25, -0.2) is 13.2 Å². The topological polar surface area (TPSA) is 115 Å². The Morgan fingerprint density at radius 3 is 2.68 bits per heavy atom. The molecule has 6 heterocycles. The van der Waals surface area contributed by atoms with Crippen LogP contribution in [0.5, 0.6) is 6.01 Å². The minimum absolute atomic E-state index is 0.0602. The largest absolute Gasteiger partial charge is 0.461 e. The molecule has 0 aliphatic carbocycles. The van der Waals surface area contributed by atoms with E-state index in [0.29, 0.717) is 49.9 Å². The molecule has 282 valence electrons.